The van der Waals surface area contributed by atoms with Gasteiger partial charge in [-0.05, 0) is 26.3 Å². The van der Waals surface area contributed by atoms with Crippen molar-refractivity contribution in [3.63, 3.8) is 0 Å². The maximum absolute atomic E-state index is 8.76. The summed E-state index contributed by atoms with van der Waals surface area (Å²) in [5.74, 6) is 0. The minimum Gasteiger partial charge on any atom is -0.395 e. The van der Waals surface area contributed by atoms with E-state index in [0.29, 0.717) is 12.1 Å². The highest BCUT2D eigenvalue weighted by Crippen LogP contribution is 2.20. The zero-order valence-electron chi connectivity index (χ0n) is 7.87. The van der Waals surface area contributed by atoms with Gasteiger partial charge in [-0.15, -0.1) is 0 Å². The number of rotatable bonds is 3. The highest BCUT2D eigenvalue weighted by molar-refractivity contribution is 4.80. The second kappa shape index (κ2) is 4.80. The van der Waals surface area contributed by atoms with Gasteiger partial charge in [-0.2, -0.15) is 0 Å². The quantitative estimate of drug-likeness (QED) is 0.638. The normalized spacial score (nSPS) is 31.0. The summed E-state index contributed by atoms with van der Waals surface area (Å²) >= 11 is 0. The van der Waals surface area contributed by atoms with Gasteiger partial charge < -0.3 is 15.7 Å². The summed E-state index contributed by atoms with van der Waals surface area (Å²) in [5.41, 5.74) is 5.87. The lowest BCUT2D eigenvalue weighted by Gasteiger charge is -2.33. The summed E-state index contributed by atoms with van der Waals surface area (Å²) < 4.78 is 0. The van der Waals surface area contributed by atoms with Crippen LogP contribution in [-0.4, -0.2) is 42.3 Å². The molecule has 1 saturated carbocycles. The van der Waals surface area contributed by atoms with Gasteiger partial charge in [0, 0.05) is 18.6 Å². The van der Waals surface area contributed by atoms with Gasteiger partial charge in [-0.3, -0.25) is 0 Å². The summed E-state index contributed by atoms with van der Waals surface area (Å²) in [5, 5.41) is 8.76. The number of likely N-dealkylation sites (N-methyl/N-ethyl adjacent to an activating group) is 1. The monoisotopic (exact) mass is 172 g/mol. The van der Waals surface area contributed by atoms with Crippen LogP contribution < -0.4 is 5.73 Å². The minimum atomic E-state index is 0.252. The number of hydrogen-bond donors (Lipinski definition) is 2. The fraction of sp³-hybridized carbons (Fsp3) is 1.00. The van der Waals surface area contributed by atoms with E-state index in [1.54, 1.807) is 0 Å². The smallest absolute Gasteiger partial charge is 0.0558 e. The largest absolute Gasteiger partial charge is 0.395 e. The standard InChI is InChI=1S/C9H20N2O/c1-11(5-6-12)9-4-2-3-8(10)7-9/h8-9,12H,2-7,10H2,1H3. The molecule has 0 spiro atoms. The Morgan fingerprint density at radius 1 is 1.50 bits per heavy atom. The molecule has 1 aliphatic rings. The first-order valence-corrected chi connectivity index (χ1v) is 4.80. The van der Waals surface area contributed by atoms with Gasteiger partial charge in [0.1, 0.15) is 0 Å². The molecule has 0 heterocycles. The van der Waals surface area contributed by atoms with Crippen molar-refractivity contribution >= 4 is 0 Å². The zero-order chi connectivity index (χ0) is 8.97. The molecule has 1 aliphatic carbocycles. The first-order valence-electron chi connectivity index (χ1n) is 4.80. The summed E-state index contributed by atoms with van der Waals surface area (Å²) in [6.07, 6.45) is 4.74. The molecule has 0 aromatic heterocycles. The van der Waals surface area contributed by atoms with E-state index in [1.165, 1.54) is 19.3 Å². The molecule has 0 saturated heterocycles. The third-order valence-electron chi connectivity index (χ3n) is 2.76. The third-order valence-corrected chi connectivity index (χ3v) is 2.76. The average molecular weight is 172 g/mol. The molecule has 0 bridgehead atoms. The number of nitrogens with zero attached hydrogens (tertiary/aromatic N) is 1. The van der Waals surface area contributed by atoms with Crippen LogP contribution in [0.4, 0.5) is 0 Å². The Labute approximate surface area is 74.5 Å². The Kier molecular flexibility index (Phi) is 3.98. The molecule has 72 valence electrons. The van der Waals surface area contributed by atoms with Crippen molar-refractivity contribution in [3.8, 4) is 0 Å². The highest BCUT2D eigenvalue weighted by Gasteiger charge is 2.21. The molecule has 0 aromatic rings. The molecule has 0 amide bonds. The van der Waals surface area contributed by atoms with Crippen LogP contribution >= 0.6 is 0 Å². The minimum absolute atomic E-state index is 0.252. The molecule has 3 heteroatoms. The Balaban J connectivity index is 2.29. The van der Waals surface area contributed by atoms with Crippen LogP contribution in [0.15, 0.2) is 0 Å². The number of aliphatic hydroxyl groups excluding tert-OH is 1. The first-order chi connectivity index (χ1) is 5.74. The second-order valence-corrected chi connectivity index (χ2v) is 3.78. The average Bonchev–Trinajstić information content (AvgIpc) is 2.05. The van der Waals surface area contributed by atoms with E-state index >= 15 is 0 Å². The summed E-state index contributed by atoms with van der Waals surface area (Å²) in [4.78, 5) is 2.22. The Morgan fingerprint density at radius 3 is 2.83 bits per heavy atom. The SMILES string of the molecule is CN(CCO)C1CCCC(N)C1. The molecule has 2 atom stereocenters. The van der Waals surface area contributed by atoms with Crippen molar-refractivity contribution in [1.82, 2.24) is 4.90 Å². The van der Waals surface area contributed by atoms with E-state index in [1.807, 2.05) is 0 Å². The molecule has 12 heavy (non-hydrogen) atoms. The summed E-state index contributed by atoms with van der Waals surface area (Å²) in [6.45, 7) is 1.03. The van der Waals surface area contributed by atoms with E-state index in [9.17, 15) is 0 Å². The molecule has 0 aliphatic heterocycles. The van der Waals surface area contributed by atoms with Crippen LogP contribution in [-0.2, 0) is 0 Å². The molecule has 1 rings (SSSR count). The molecular weight excluding hydrogens is 152 g/mol. The number of nitrogens with two attached hydrogens (primary N) is 1. The number of hydrogen-bond acceptors (Lipinski definition) is 3. The van der Waals surface area contributed by atoms with Gasteiger partial charge in [0.25, 0.3) is 0 Å². The Hall–Kier alpha value is -0.120. The lowest BCUT2D eigenvalue weighted by atomic mass is 9.91. The van der Waals surface area contributed by atoms with Crippen molar-refractivity contribution in [3.05, 3.63) is 0 Å². The topological polar surface area (TPSA) is 49.5 Å². The van der Waals surface area contributed by atoms with E-state index in [2.05, 4.69) is 11.9 Å². The molecule has 3 nitrogen and oxygen atoms in total. The van der Waals surface area contributed by atoms with Crippen molar-refractivity contribution in [2.24, 2.45) is 5.73 Å². The first kappa shape index (κ1) is 9.96. The lowest BCUT2D eigenvalue weighted by Crippen LogP contribution is -2.41. The van der Waals surface area contributed by atoms with Crippen LogP contribution in [0.1, 0.15) is 25.7 Å². The van der Waals surface area contributed by atoms with E-state index in [0.717, 1.165) is 13.0 Å². The van der Waals surface area contributed by atoms with Gasteiger partial charge in [-0.25, -0.2) is 0 Å². The highest BCUT2D eigenvalue weighted by atomic mass is 16.3. The maximum Gasteiger partial charge on any atom is 0.0558 e. The Morgan fingerprint density at radius 2 is 2.25 bits per heavy atom. The van der Waals surface area contributed by atoms with Crippen LogP contribution in [0.5, 0.6) is 0 Å². The van der Waals surface area contributed by atoms with Crippen molar-refractivity contribution < 1.29 is 5.11 Å². The fourth-order valence-corrected chi connectivity index (χ4v) is 1.94. The van der Waals surface area contributed by atoms with E-state index < -0.39 is 0 Å². The third kappa shape index (κ3) is 2.73. The zero-order valence-corrected chi connectivity index (χ0v) is 7.87. The lowest BCUT2D eigenvalue weighted by molar-refractivity contribution is 0.145. The summed E-state index contributed by atoms with van der Waals surface area (Å²) in [6, 6.07) is 0.978. The number of aliphatic hydroxyl groups is 1. The van der Waals surface area contributed by atoms with Crippen LogP contribution in [0, 0.1) is 0 Å². The fourth-order valence-electron chi connectivity index (χ4n) is 1.94. The van der Waals surface area contributed by atoms with Crippen LogP contribution in [0.3, 0.4) is 0 Å². The van der Waals surface area contributed by atoms with Gasteiger partial charge in [0.05, 0.1) is 6.61 Å². The van der Waals surface area contributed by atoms with Crippen LogP contribution in [0.2, 0.25) is 0 Å². The van der Waals surface area contributed by atoms with Crippen molar-refractivity contribution in [2.75, 3.05) is 20.2 Å². The molecular formula is C9H20N2O. The predicted octanol–water partition coefficient (Wildman–Crippen LogP) is 0.180. The van der Waals surface area contributed by atoms with E-state index in [4.69, 9.17) is 10.8 Å². The van der Waals surface area contributed by atoms with Gasteiger partial charge in [0.15, 0.2) is 0 Å². The van der Waals surface area contributed by atoms with Gasteiger partial charge in [0.2, 0.25) is 0 Å². The van der Waals surface area contributed by atoms with Gasteiger partial charge >= 0.3 is 0 Å². The molecule has 1 fully saturated rings. The van der Waals surface area contributed by atoms with Gasteiger partial charge in [-0.1, -0.05) is 6.42 Å². The van der Waals surface area contributed by atoms with Crippen molar-refractivity contribution in [1.29, 1.82) is 0 Å². The molecule has 3 N–H and O–H groups in total. The second-order valence-electron chi connectivity index (χ2n) is 3.78. The predicted molar refractivity (Wildman–Crippen MR) is 49.9 cm³/mol. The van der Waals surface area contributed by atoms with Crippen molar-refractivity contribution in [2.45, 2.75) is 37.8 Å². The summed E-state index contributed by atoms with van der Waals surface area (Å²) in [7, 11) is 2.07. The molecule has 0 radical (unpaired) electrons. The van der Waals surface area contributed by atoms with Crippen LogP contribution in [0.25, 0.3) is 0 Å². The van der Waals surface area contributed by atoms with E-state index in [-0.39, 0.29) is 6.61 Å². The molecule has 2 unspecified atom stereocenters. The Bertz CT molecular complexity index is 130. The molecule has 0 aromatic carbocycles. The maximum atomic E-state index is 8.76.